The fourth-order valence-corrected chi connectivity index (χ4v) is 2.82. The predicted octanol–water partition coefficient (Wildman–Crippen LogP) is 3.84. The molecule has 132 valence electrons. The van der Waals surface area contributed by atoms with E-state index in [1.165, 1.54) is 24.3 Å². The molecular formula is C21H15FN4O. The van der Waals surface area contributed by atoms with Gasteiger partial charge < -0.3 is 5.73 Å². The number of Topliss-reactive ketones (excluding diaryl/α,β-unsaturated/α-hetero) is 1. The zero-order chi connectivity index (χ0) is 18.8. The number of nitrogens with two attached hydrogens (primary N) is 1. The van der Waals surface area contributed by atoms with E-state index in [1.807, 2.05) is 24.3 Å². The molecule has 0 saturated carbocycles. The lowest BCUT2D eigenvalue weighted by molar-refractivity contribution is 0.0991. The Morgan fingerprint density at radius 3 is 2.56 bits per heavy atom. The zero-order valence-corrected chi connectivity index (χ0v) is 14.3. The van der Waals surface area contributed by atoms with Crippen molar-refractivity contribution in [3.05, 3.63) is 84.3 Å². The van der Waals surface area contributed by atoms with Crippen LogP contribution in [0, 0.1) is 5.82 Å². The molecule has 0 aliphatic heterocycles. The lowest BCUT2D eigenvalue weighted by Gasteiger charge is -2.06. The average Bonchev–Trinajstić information content (AvgIpc) is 2.68. The molecule has 5 nitrogen and oxygen atoms in total. The van der Waals surface area contributed by atoms with Crippen molar-refractivity contribution in [2.45, 2.75) is 6.42 Å². The predicted molar refractivity (Wildman–Crippen MR) is 102 cm³/mol. The molecule has 0 amide bonds. The first-order valence-corrected chi connectivity index (χ1v) is 8.34. The number of aromatic nitrogens is 3. The quantitative estimate of drug-likeness (QED) is 0.561. The van der Waals surface area contributed by atoms with Crippen molar-refractivity contribution in [1.82, 2.24) is 15.0 Å². The molecule has 6 heteroatoms. The number of ketones is 1. The first-order chi connectivity index (χ1) is 13.1. The van der Waals surface area contributed by atoms with Crippen molar-refractivity contribution >= 4 is 22.4 Å². The minimum absolute atomic E-state index is 0.0473. The summed E-state index contributed by atoms with van der Waals surface area (Å²) in [6, 6.07) is 13.1. The van der Waals surface area contributed by atoms with Gasteiger partial charge in [-0.05, 0) is 42.0 Å². The number of benzene rings is 2. The Morgan fingerprint density at radius 1 is 0.963 bits per heavy atom. The van der Waals surface area contributed by atoms with Crippen molar-refractivity contribution in [2.24, 2.45) is 0 Å². The molecule has 2 aromatic carbocycles. The van der Waals surface area contributed by atoms with Crippen LogP contribution in [0.25, 0.3) is 22.0 Å². The third-order valence-electron chi connectivity index (χ3n) is 4.21. The number of carbonyl (C=O) groups excluding carboxylic acids is 1. The van der Waals surface area contributed by atoms with E-state index in [0.29, 0.717) is 17.1 Å². The SMILES string of the molecule is Nc1cncc(-c2ccc3cnc(CC(=O)c4ccc(F)cc4)nc3c2)c1. The molecule has 2 N–H and O–H groups in total. The van der Waals surface area contributed by atoms with Gasteiger partial charge in [0, 0.05) is 35.1 Å². The van der Waals surface area contributed by atoms with E-state index in [9.17, 15) is 9.18 Å². The first kappa shape index (κ1) is 16.8. The average molecular weight is 358 g/mol. The van der Waals surface area contributed by atoms with Crippen molar-refractivity contribution in [3.8, 4) is 11.1 Å². The lowest BCUT2D eigenvalue weighted by atomic mass is 10.1. The van der Waals surface area contributed by atoms with E-state index in [4.69, 9.17) is 5.73 Å². The molecular weight excluding hydrogens is 343 g/mol. The van der Waals surface area contributed by atoms with Crippen molar-refractivity contribution in [2.75, 3.05) is 5.73 Å². The summed E-state index contributed by atoms with van der Waals surface area (Å²) in [6.07, 6.45) is 5.06. The number of halogens is 1. The molecule has 0 aliphatic rings. The van der Waals surface area contributed by atoms with Crippen LogP contribution in [0.5, 0.6) is 0 Å². The van der Waals surface area contributed by atoms with Gasteiger partial charge in [0.25, 0.3) is 0 Å². The maximum atomic E-state index is 13.0. The van der Waals surface area contributed by atoms with E-state index >= 15 is 0 Å². The molecule has 27 heavy (non-hydrogen) atoms. The molecule has 0 saturated heterocycles. The fourth-order valence-electron chi connectivity index (χ4n) is 2.82. The minimum Gasteiger partial charge on any atom is -0.397 e. The monoisotopic (exact) mass is 358 g/mol. The molecule has 0 bridgehead atoms. The second kappa shape index (κ2) is 6.92. The Kier molecular flexibility index (Phi) is 4.30. The largest absolute Gasteiger partial charge is 0.397 e. The summed E-state index contributed by atoms with van der Waals surface area (Å²) in [5.41, 5.74) is 9.36. The van der Waals surface area contributed by atoms with Gasteiger partial charge in [-0.25, -0.2) is 14.4 Å². The van der Waals surface area contributed by atoms with Gasteiger partial charge in [-0.15, -0.1) is 0 Å². The summed E-state index contributed by atoms with van der Waals surface area (Å²) in [4.78, 5) is 25.2. The van der Waals surface area contributed by atoms with Crippen molar-refractivity contribution in [3.63, 3.8) is 0 Å². The fraction of sp³-hybridized carbons (Fsp3) is 0.0476. The Labute approximate surface area is 154 Å². The lowest BCUT2D eigenvalue weighted by Crippen LogP contribution is -2.07. The Morgan fingerprint density at radius 2 is 1.78 bits per heavy atom. The van der Waals surface area contributed by atoms with Gasteiger partial charge in [0.2, 0.25) is 0 Å². The second-order valence-corrected chi connectivity index (χ2v) is 6.17. The van der Waals surface area contributed by atoms with Crippen LogP contribution in [0.4, 0.5) is 10.1 Å². The van der Waals surface area contributed by atoms with Gasteiger partial charge in [-0.3, -0.25) is 9.78 Å². The first-order valence-electron chi connectivity index (χ1n) is 8.34. The number of nitrogen functional groups attached to an aromatic ring is 1. The molecule has 4 rings (SSSR count). The number of hydrogen-bond acceptors (Lipinski definition) is 5. The summed E-state index contributed by atoms with van der Waals surface area (Å²) in [5.74, 6) is -0.123. The van der Waals surface area contributed by atoms with Crippen LogP contribution in [0.1, 0.15) is 16.2 Å². The topological polar surface area (TPSA) is 81.8 Å². The number of anilines is 1. The summed E-state index contributed by atoms with van der Waals surface area (Å²) in [6.45, 7) is 0. The normalized spacial score (nSPS) is 10.9. The highest BCUT2D eigenvalue weighted by atomic mass is 19.1. The number of carbonyl (C=O) groups is 1. The number of hydrogen-bond donors (Lipinski definition) is 1. The van der Waals surface area contributed by atoms with Gasteiger partial charge in [0.15, 0.2) is 5.78 Å². The maximum absolute atomic E-state index is 13.0. The highest BCUT2D eigenvalue weighted by Gasteiger charge is 2.10. The van der Waals surface area contributed by atoms with E-state index in [-0.39, 0.29) is 18.0 Å². The summed E-state index contributed by atoms with van der Waals surface area (Å²) >= 11 is 0. The van der Waals surface area contributed by atoms with Gasteiger partial charge in [0.1, 0.15) is 11.6 Å². The van der Waals surface area contributed by atoms with Gasteiger partial charge in [-0.1, -0.05) is 12.1 Å². The van der Waals surface area contributed by atoms with Crippen LogP contribution in [-0.2, 0) is 6.42 Å². The number of pyridine rings is 1. The van der Waals surface area contributed by atoms with Gasteiger partial charge in [0.05, 0.1) is 17.6 Å². The highest BCUT2D eigenvalue weighted by Crippen LogP contribution is 2.24. The standard InChI is InChI=1S/C21H15FN4O/c22-17-5-3-13(4-6-17)20(27)9-21-25-11-15-2-1-14(8-19(15)26-21)16-7-18(23)12-24-10-16/h1-8,10-12H,9,23H2. The molecule has 0 atom stereocenters. The zero-order valence-electron chi connectivity index (χ0n) is 14.3. The maximum Gasteiger partial charge on any atom is 0.170 e. The number of fused-ring (bicyclic) bond motifs is 1. The van der Waals surface area contributed by atoms with Crippen molar-refractivity contribution in [1.29, 1.82) is 0 Å². The van der Waals surface area contributed by atoms with Crippen LogP contribution in [0.2, 0.25) is 0 Å². The summed E-state index contributed by atoms with van der Waals surface area (Å²) in [7, 11) is 0. The Balaban J connectivity index is 1.64. The third-order valence-corrected chi connectivity index (χ3v) is 4.21. The molecule has 2 aromatic heterocycles. The summed E-state index contributed by atoms with van der Waals surface area (Å²) in [5, 5.41) is 0.869. The minimum atomic E-state index is -0.378. The van der Waals surface area contributed by atoms with Crippen LogP contribution in [0.15, 0.2) is 67.1 Å². The highest BCUT2D eigenvalue weighted by molar-refractivity contribution is 5.97. The van der Waals surface area contributed by atoms with Crippen LogP contribution in [-0.4, -0.2) is 20.7 Å². The molecule has 0 spiro atoms. The van der Waals surface area contributed by atoms with Crippen LogP contribution < -0.4 is 5.73 Å². The molecule has 4 aromatic rings. The smallest absolute Gasteiger partial charge is 0.170 e. The Hall–Kier alpha value is -3.67. The molecule has 0 unspecified atom stereocenters. The molecule has 0 radical (unpaired) electrons. The van der Waals surface area contributed by atoms with Crippen molar-refractivity contribution < 1.29 is 9.18 Å². The summed E-state index contributed by atoms with van der Waals surface area (Å²) < 4.78 is 13.0. The molecule has 0 aliphatic carbocycles. The van der Waals surface area contributed by atoms with Gasteiger partial charge in [-0.2, -0.15) is 0 Å². The number of rotatable bonds is 4. The van der Waals surface area contributed by atoms with Crippen LogP contribution in [0.3, 0.4) is 0 Å². The third kappa shape index (κ3) is 3.64. The molecule has 0 fully saturated rings. The van der Waals surface area contributed by atoms with Crippen LogP contribution >= 0.6 is 0 Å². The van der Waals surface area contributed by atoms with E-state index in [0.717, 1.165) is 22.0 Å². The Bertz CT molecular complexity index is 1140. The molecule has 2 heterocycles. The number of nitrogens with zero attached hydrogens (tertiary/aromatic N) is 3. The van der Waals surface area contributed by atoms with E-state index in [1.54, 1.807) is 18.6 Å². The van der Waals surface area contributed by atoms with E-state index < -0.39 is 0 Å². The van der Waals surface area contributed by atoms with E-state index in [2.05, 4.69) is 15.0 Å². The second-order valence-electron chi connectivity index (χ2n) is 6.17. The van der Waals surface area contributed by atoms with Gasteiger partial charge >= 0.3 is 0 Å².